The summed E-state index contributed by atoms with van der Waals surface area (Å²) in [5.41, 5.74) is 12.1. The van der Waals surface area contributed by atoms with Crippen molar-refractivity contribution in [3.63, 3.8) is 0 Å². The Bertz CT molecular complexity index is 1230. The Hall–Kier alpha value is -3.95. The van der Waals surface area contributed by atoms with Crippen LogP contribution in [0.4, 0.5) is 0 Å². The number of hydrogen-bond acceptors (Lipinski definition) is 5. The third-order valence-corrected chi connectivity index (χ3v) is 6.06. The largest absolute Gasteiger partial charge is 0.466 e. The molecule has 1 fully saturated rings. The monoisotopic (exact) mass is 453 g/mol. The molecule has 0 radical (unpaired) electrons. The Labute approximate surface area is 199 Å². The third kappa shape index (κ3) is 5.33. The molecule has 2 N–H and O–H groups in total. The average molecular weight is 454 g/mol. The van der Waals surface area contributed by atoms with Crippen LogP contribution in [0, 0.1) is 11.3 Å². The van der Waals surface area contributed by atoms with E-state index in [0.29, 0.717) is 37.2 Å². The first-order valence-electron chi connectivity index (χ1n) is 11.4. The highest BCUT2D eigenvalue weighted by Gasteiger charge is 2.25. The first kappa shape index (κ1) is 23.2. The van der Waals surface area contributed by atoms with E-state index in [2.05, 4.69) is 6.07 Å². The Morgan fingerprint density at radius 1 is 1.03 bits per heavy atom. The highest BCUT2D eigenvalue weighted by molar-refractivity contribution is 5.98. The maximum Gasteiger partial charge on any atom is 0.302 e. The van der Waals surface area contributed by atoms with Crippen molar-refractivity contribution >= 4 is 11.9 Å². The van der Waals surface area contributed by atoms with Crippen molar-refractivity contribution in [3.05, 3.63) is 83.4 Å². The summed E-state index contributed by atoms with van der Waals surface area (Å²) >= 11 is 0. The lowest BCUT2D eigenvalue weighted by atomic mass is 9.91. The van der Waals surface area contributed by atoms with E-state index in [1.165, 1.54) is 6.92 Å². The molecule has 6 nitrogen and oxygen atoms in total. The molecule has 1 heterocycles. The summed E-state index contributed by atoms with van der Waals surface area (Å²) in [6.07, 6.45) is 1.46. The summed E-state index contributed by atoms with van der Waals surface area (Å²) < 4.78 is 5.04. The van der Waals surface area contributed by atoms with Gasteiger partial charge in [0, 0.05) is 38.0 Å². The van der Waals surface area contributed by atoms with E-state index in [9.17, 15) is 14.9 Å². The number of carbonyl (C=O) groups excluding carboxylic acids is 2. The number of carbonyl (C=O) groups is 2. The topological polar surface area (TPSA) is 96.4 Å². The molecule has 1 atom stereocenters. The van der Waals surface area contributed by atoms with Crippen LogP contribution in [0.2, 0.25) is 0 Å². The van der Waals surface area contributed by atoms with Crippen molar-refractivity contribution in [3.8, 4) is 28.3 Å². The molecule has 6 heteroatoms. The van der Waals surface area contributed by atoms with Crippen LogP contribution in [0.5, 0.6) is 0 Å². The van der Waals surface area contributed by atoms with Crippen molar-refractivity contribution < 1.29 is 14.3 Å². The van der Waals surface area contributed by atoms with Gasteiger partial charge in [0.05, 0.1) is 18.2 Å². The van der Waals surface area contributed by atoms with Crippen molar-refractivity contribution in [2.75, 3.05) is 19.7 Å². The van der Waals surface area contributed by atoms with Gasteiger partial charge >= 0.3 is 5.97 Å². The molecule has 1 saturated heterocycles. The second-order valence-electron chi connectivity index (χ2n) is 8.54. The van der Waals surface area contributed by atoms with Crippen molar-refractivity contribution in [2.24, 2.45) is 5.73 Å². The number of nitriles is 1. The quantitative estimate of drug-likeness (QED) is 0.565. The second-order valence-corrected chi connectivity index (χ2v) is 8.54. The first-order chi connectivity index (χ1) is 16.4. The number of likely N-dealkylation sites (tertiary alicyclic amines) is 1. The van der Waals surface area contributed by atoms with E-state index in [-0.39, 0.29) is 17.9 Å². The van der Waals surface area contributed by atoms with Gasteiger partial charge in [-0.1, -0.05) is 42.5 Å². The number of amides is 1. The van der Waals surface area contributed by atoms with Crippen LogP contribution in [-0.4, -0.2) is 42.5 Å². The molecular weight excluding hydrogens is 426 g/mol. The molecule has 1 aliphatic heterocycles. The SMILES string of the molecule is CC(=O)OCCc1ccc(-c2ccc(C(=O)N3CC[C@H](N)C3)cc2-c2ccc(C#N)cc2)cc1. The second kappa shape index (κ2) is 10.3. The van der Waals surface area contributed by atoms with Crippen molar-refractivity contribution in [2.45, 2.75) is 25.8 Å². The number of hydrogen-bond donors (Lipinski definition) is 1. The number of nitrogens with zero attached hydrogens (tertiary/aromatic N) is 2. The van der Waals surface area contributed by atoms with E-state index >= 15 is 0 Å². The zero-order chi connectivity index (χ0) is 24.1. The number of rotatable bonds is 6. The molecule has 0 unspecified atom stereocenters. The molecule has 3 aromatic rings. The van der Waals surface area contributed by atoms with Gasteiger partial charge in [0.1, 0.15) is 0 Å². The molecule has 0 aliphatic carbocycles. The normalized spacial score (nSPS) is 15.1. The molecular formula is C28H27N3O3. The summed E-state index contributed by atoms with van der Waals surface area (Å²) in [6, 6.07) is 23.4. The predicted molar refractivity (Wildman–Crippen MR) is 131 cm³/mol. The van der Waals surface area contributed by atoms with Crippen LogP contribution in [0.3, 0.4) is 0 Å². The Kier molecular flexibility index (Phi) is 7.05. The standard InChI is InChI=1S/C28H27N3O3/c1-19(32)34-15-13-20-2-6-22(7-3-20)26-11-10-24(28(33)31-14-12-25(30)18-31)16-27(26)23-8-4-21(17-29)5-9-23/h2-11,16,25H,12-15,18,30H2,1H3/t25-/m0/s1. The van der Waals surface area contributed by atoms with E-state index in [0.717, 1.165) is 34.2 Å². The molecule has 1 amide bonds. The van der Waals surface area contributed by atoms with Crippen molar-refractivity contribution in [1.82, 2.24) is 4.90 Å². The van der Waals surface area contributed by atoms with Crippen LogP contribution >= 0.6 is 0 Å². The lowest BCUT2D eigenvalue weighted by molar-refractivity contribution is -0.140. The Morgan fingerprint density at radius 2 is 1.71 bits per heavy atom. The summed E-state index contributed by atoms with van der Waals surface area (Å²) in [6.45, 7) is 2.99. The maximum atomic E-state index is 13.1. The van der Waals surface area contributed by atoms with Gasteiger partial charge in [0.15, 0.2) is 0 Å². The summed E-state index contributed by atoms with van der Waals surface area (Å²) in [7, 11) is 0. The molecule has 34 heavy (non-hydrogen) atoms. The smallest absolute Gasteiger partial charge is 0.302 e. The molecule has 172 valence electrons. The van der Waals surface area contributed by atoms with Crippen LogP contribution < -0.4 is 5.73 Å². The molecule has 0 saturated carbocycles. The minimum atomic E-state index is -0.283. The van der Waals surface area contributed by atoms with Gasteiger partial charge in [-0.3, -0.25) is 9.59 Å². The number of nitrogens with two attached hydrogens (primary N) is 1. The maximum absolute atomic E-state index is 13.1. The van der Waals surface area contributed by atoms with Gasteiger partial charge in [-0.05, 0) is 58.5 Å². The van der Waals surface area contributed by atoms with Gasteiger partial charge < -0.3 is 15.4 Å². The van der Waals surface area contributed by atoms with Crippen LogP contribution in [0.1, 0.15) is 34.8 Å². The minimum Gasteiger partial charge on any atom is -0.466 e. The first-order valence-corrected chi connectivity index (χ1v) is 11.4. The summed E-state index contributed by atoms with van der Waals surface area (Å²) in [5, 5.41) is 9.17. The Morgan fingerprint density at radius 3 is 2.32 bits per heavy atom. The van der Waals surface area contributed by atoms with Crippen LogP contribution in [0.25, 0.3) is 22.3 Å². The van der Waals surface area contributed by atoms with Crippen LogP contribution in [-0.2, 0) is 16.0 Å². The number of benzene rings is 3. The van der Waals surface area contributed by atoms with Gasteiger partial charge in [0.25, 0.3) is 5.91 Å². The van der Waals surface area contributed by atoms with Gasteiger partial charge in [0.2, 0.25) is 0 Å². The van der Waals surface area contributed by atoms with E-state index in [4.69, 9.17) is 10.5 Å². The number of ether oxygens (including phenoxy) is 1. The van der Waals surface area contributed by atoms with Gasteiger partial charge in [-0.25, -0.2) is 0 Å². The fourth-order valence-corrected chi connectivity index (χ4v) is 4.21. The molecule has 1 aliphatic rings. The lowest BCUT2D eigenvalue weighted by Crippen LogP contribution is -2.31. The van der Waals surface area contributed by atoms with E-state index in [1.807, 2.05) is 54.6 Å². The van der Waals surface area contributed by atoms with Crippen molar-refractivity contribution in [1.29, 1.82) is 5.26 Å². The average Bonchev–Trinajstić information content (AvgIpc) is 3.30. The molecule has 0 aromatic heterocycles. The molecule has 3 aromatic carbocycles. The van der Waals surface area contributed by atoms with Crippen LogP contribution in [0.15, 0.2) is 66.7 Å². The highest BCUT2D eigenvalue weighted by atomic mass is 16.5. The zero-order valence-corrected chi connectivity index (χ0v) is 19.2. The van der Waals surface area contributed by atoms with Gasteiger partial charge in [-0.15, -0.1) is 0 Å². The van der Waals surface area contributed by atoms with E-state index < -0.39 is 0 Å². The lowest BCUT2D eigenvalue weighted by Gasteiger charge is -2.18. The minimum absolute atomic E-state index is 0.0183. The highest BCUT2D eigenvalue weighted by Crippen LogP contribution is 2.34. The van der Waals surface area contributed by atoms with E-state index in [1.54, 1.807) is 17.0 Å². The fraction of sp³-hybridized carbons (Fsp3) is 0.250. The number of esters is 1. The zero-order valence-electron chi connectivity index (χ0n) is 19.2. The third-order valence-electron chi connectivity index (χ3n) is 6.06. The summed E-state index contributed by atoms with van der Waals surface area (Å²) in [4.78, 5) is 25.9. The molecule has 4 rings (SSSR count). The Balaban J connectivity index is 1.67. The van der Waals surface area contributed by atoms with Gasteiger partial charge in [-0.2, -0.15) is 5.26 Å². The predicted octanol–water partition coefficient (Wildman–Crippen LogP) is 4.17. The summed E-state index contributed by atoms with van der Waals surface area (Å²) in [5.74, 6) is -0.301. The molecule has 0 spiro atoms. The molecule has 0 bridgehead atoms. The fourth-order valence-electron chi connectivity index (χ4n) is 4.21.